The van der Waals surface area contributed by atoms with Crippen molar-refractivity contribution < 1.29 is 18.9 Å². The van der Waals surface area contributed by atoms with E-state index < -0.39 is 0 Å². The zero-order valence-corrected chi connectivity index (χ0v) is 15.0. The van der Waals surface area contributed by atoms with Crippen LogP contribution in [0.25, 0.3) is 0 Å². The van der Waals surface area contributed by atoms with Gasteiger partial charge >= 0.3 is 0 Å². The highest BCUT2D eigenvalue weighted by Gasteiger charge is 2.14. The van der Waals surface area contributed by atoms with E-state index in [0.29, 0.717) is 35.4 Å². The van der Waals surface area contributed by atoms with Crippen molar-refractivity contribution in [1.29, 1.82) is 0 Å². The van der Waals surface area contributed by atoms with E-state index in [1.165, 1.54) is 7.11 Å². The molecule has 0 aliphatic heterocycles. The van der Waals surface area contributed by atoms with Gasteiger partial charge in [-0.15, -0.1) is 0 Å². The Hall–Kier alpha value is -3.03. The molecule has 0 atom stereocenters. The SMILES string of the molecule is COC(C)=Nc1ncc(Cc2cc(OC)c(OC)c(OC)c2)c(N)n1. The van der Waals surface area contributed by atoms with E-state index in [4.69, 9.17) is 24.7 Å². The number of hydrogen-bond acceptors (Lipinski definition) is 8. The standard InChI is InChI=1S/C17H22N4O4/c1-10(22-2)20-17-19-9-12(16(18)21-17)6-11-7-13(23-3)15(25-5)14(8-11)24-4/h7-9H,6H2,1-5H3,(H2,18,19,21). The molecule has 0 amide bonds. The minimum Gasteiger partial charge on any atom is -0.493 e. The first-order valence-electron chi connectivity index (χ1n) is 7.51. The number of anilines is 1. The van der Waals surface area contributed by atoms with E-state index >= 15 is 0 Å². The summed E-state index contributed by atoms with van der Waals surface area (Å²) in [4.78, 5) is 12.5. The van der Waals surface area contributed by atoms with Crippen molar-refractivity contribution in [2.75, 3.05) is 34.2 Å². The molecule has 0 fully saturated rings. The molecule has 0 saturated carbocycles. The Balaban J connectivity index is 2.33. The van der Waals surface area contributed by atoms with Crippen LogP contribution in [-0.4, -0.2) is 44.3 Å². The molecule has 0 spiro atoms. The predicted octanol–water partition coefficient (Wildman–Crippen LogP) is 2.37. The Bertz CT molecular complexity index is 752. The molecule has 0 unspecified atom stereocenters. The molecule has 1 heterocycles. The van der Waals surface area contributed by atoms with E-state index in [1.807, 2.05) is 12.1 Å². The monoisotopic (exact) mass is 346 g/mol. The van der Waals surface area contributed by atoms with E-state index in [1.54, 1.807) is 34.4 Å². The van der Waals surface area contributed by atoms with Crippen LogP contribution < -0.4 is 19.9 Å². The third-order valence-corrected chi connectivity index (χ3v) is 3.56. The Kier molecular flexibility index (Phi) is 5.99. The highest BCUT2D eigenvalue weighted by Crippen LogP contribution is 2.38. The second-order valence-corrected chi connectivity index (χ2v) is 5.13. The van der Waals surface area contributed by atoms with Gasteiger partial charge in [-0.2, -0.15) is 9.98 Å². The van der Waals surface area contributed by atoms with Crippen molar-refractivity contribution in [3.63, 3.8) is 0 Å². The van der Waals surface area contributed by atoms with Crippen LogP contribution in [0.3, 0.4) is 0 Å². The molecule has 2 N–H and O–H groups in total. The van der Waals surface area contributed by atoms with Crippen molar-refractivity contribution in [3.05, 3.63) is 29.5 Å². The summed E-state index contributed by atoms with van der Waals surface area (Å²) in [5, 5.41) is 0. The molecule has 0 aliphatic rings. The molecule has 8 nitrogen and oxygen atoms in total. The predicted molar refractivity (Wildman–Crippen MR) is 95.1 cm³/mol. The number of rotatable bonds is 6. The molecular formula is C17H22N4O4. The van der Waals surface area contributed by atoms with Gasteiger partial charge in [0, 0.05) is 25.1 Å². The molecule has 25 heavy (non-hydrogen) atoms. The van der Waals surface area contributed by atoms with E-state index in [2.05, 4.69) is 15.0 Å². The van der Waals surface area contributed by atoms with Crippen LogP contribution in [0.4, 0.5) is 11.8 Å². The first-order chi connectivity index (χ1) is 12.0. The summed E-state index contributed by atoms with van der Waals surface area (Å²) in [5.74, 6) is 2.76. The van der Waals surface area contributed by atoms with Gasteiger partial charge in [-0.25, -0.2) is 4.98 Å². The summed E-state index contributed by atoms with van der Waals surface area (Å²) in [6, 6.07) is 3.73. The van der Waals surface area contributed by atoms with Gasteiger partial charge in [-0.3, -0.25) is 0 Å². The van der Waals surface area contributed by atoms with Gasteiger partial charge in [-0.05, 0) is 17.7 Å². The number of benzene rings is 1. The third-order valence-electron chi connectivity index (χ3n) is 3.56. The molecular weight excluding hydrogens is 324 g/mol. The number of methoxy groups -OCH3 is 4. The minimum atomic E-state index is 0.255. The lowest BCUT2D eigenvalue weighted by Gasteiger charge is -2.14. The number of nitrogens with zero attached hydrogens (tertiary/aromatic N) is 3. The fourth-order valence-electron chi connectivity index (χ4n) is 2.24. The van der Waals surface area contributed by atoms with E-state index in [-0.39, 0.29) is 5.95 Å². The highest BCUT2D eigenvalue weighted by atomic mass is 16.5. The summed E-state index contributed by atoms with van der Waals surface area (Å²) < 4.78 is 21.0. The van der Waals surface area contributed by atoms with Crippen molar-refractivity contribution in [2.24, 2.45) is 4.99 Å². The maximum absolute atomic E-state index is 6.04. The van der Waals surface area contributed by atoms with Crippen molar-refractivity contribution in [2.45, 2.75) is 13.3 Å². The lowest BCUT2D eigenvalue weighted by atomic mass is 10.1. The first kappa shape index (κ1) is 18.3. The Morgan fingerprint density at radius 3 is 2.20 bits per heavy atom. The second kappa shape index (κ2) is 8.18. The van der Waals surface area contributed by atoms with Crippen molar-refractivity contribution in [1.82, 2.24) is 9.97 Å². The Morgan fingerprint density at radius 2 is 1.72 bits per heavy atom. The van der Waals surface area contributed by atoms with Crippen LogP contribution in [0.15, 0.2) is 23.3 Å². The fraction of sp³-hybridized carbons (Fsp3) is 0.353. The normalized spacial score (nSPS) is 11.2. The molecule has 1 aromatic carbocycles. The molecule has 0 saturated heterocycles. The second-order valence-electron chi connectivity index (χ2n) is 5.13. The van der Waals surface area contributed by atoms with Crippen molar-refractivity contribution in [3.8, 4) is 17.2 Å². The van der Waals surface area contributed by atoms with Gasteiger partial charge in [0.05, 0.1) is 28.4 Å². The van der Waals surface area contributed by atoms with Crippen LogP contribution in [0.2, 0.25) is 0 Å². The van der Waals surface area contributed by atoms with Crippen LogP contribution in [0, 0.1) is 0 Å². The zero-order valence-electron chi connectivity index (χ0n) is 15.0. The minimum absolute atomic E-state index is 0.255. The quantitative estimate of drug-likeness (QED) is 0.633. The zero-order chi connectivity index (χ0) is 18.4. The van der Waals surface area contributed by atoms with E-state index in [0.717, 1.165) is 11.1 Å². The van der Waals surface area contributed by atoms with Gasteiger partial charge in [0.2, 0.25) is 5.75 Å². The summed E-state index contributed by atoms with van der Waals surface area (Å²) in [5.41, 5.74) is 7.73. The highest BCUT2D eigenvalue weighted by molar-refractivity contribution is 5.75. The average Bonchev–Trinajstić information content (AvgIpc) is 2.62. The van der Waals surface area contributed by atoms with Gasteiger partial charge < -0.3 is 24.7 Å². The molecule has 134 valence electrons. The summed E-state index contributed by atoms with van der Waals surface area (Å²) >= 11 is 0. The summed E-state index contributed by atoms with van der Waals surface area (Å²) in [6.45, 7) is 1.71. The Morgan fingerprint density at radius 1 is 1.08 bits per heavy atom. The molecule has 0 aliphatic carbocycles. The number of aliphatic imine (C=N–C) groups is 1. The number of ether oxygens (including phenoxy) is 4. The largest absolute Gasteiger partial charge is 0.493 e. The van der Waals surface area contributed by atoms with Crippen LogP contribution >= 0.6 is 0 Å². The summed E-state index contributed by atoms with van der Waals surface area (Å²) in [7, 11) is 6.24. The van der Waals surface area contributed by atoms with Crippen LogP contribution in [0.5, 0.6) is 17.2 Å². The van der Waals surface area contributed by atoms with Gasteiger partial charge in [0.1, 0.15) is 5.82 Å². The van der Waals surface area contributed by atoms with Crippen molar-refractivity contribution >= 4 is 17.7 Å². The number of aromatic nitrogens is 2. The van der Waals surface area contributed by atoms with Gasteiger partial charge in [0.25, 0.3) is 5.95 Å². The number of hydrogen-bond donors (Lipinski definition) is 1. The lowest BCUT2D eigenvalue weighted by Crippen LogP contribution is -2.03. The molecule has 1 aromatic heterocycles. The lowest BCUT2D eigenvalue weighted by molar-refractivity contribution is 0.324. The Labute approximate surface area is 146 Å². The maximum Gasteiger partial charge on any atom is 0.254 e. The summed E-state index contributed by atoms with van der Waals surface area (Å²) in [6.07, 6.45) is 2.16. The topological polar surface area (TPSA) is 101 Å². The molecule has 2 rings (SSSR count). The van der Waals surface area contributed by atoms with Crippen LogP contribution in [-0.2, 0) is 11.2 Å². The first-order valence-corrected chi connectivity index (χ1v) is 7.51. The molecule has 0 radical (unpaired) electrons. The molecule has 0 bridgehead atoms. The van der Waals surface area contributed by atoms with Gasteiger partial charge in [-0.1, -0.05) is 0 Å². The maximum atomic E-state index is 6.04. The molecule has 2 aromatic rings. The third kappa shape index (κ3) is 4.28. The van der Waals surface area contributed by atoms with Crippen LogP contribution in [0.1, 0.15) is 18.1 Å². The van der Waals surface area contributed by atoms with Gasteiger partial charge in [0.15, 0.2) is 17.4 Å². The van der Waals surface area contributed by atoms with E-state index in [9.17, 15) is 0 Å². The number of nitrogens with two attached hydrogens (primary N) is 1. The average molecular weight is 346 g/mol. The number of nitrogen functional groups attached to an aromatic ring is 1. The smallest absolute Gasteiger partial charge is 0.254 e. The fourth-order valence-corrected chi connectivity index (χ4v) is 2.24. The molecule has 8 heteroatoms.